The van der Waals surface area contributed by atoms with Gasteiger partial charge < -0.3 is 28.0 Å². The molecule has 0 radical (unpaired) electrons. The Bertz CT molecular complexity index is 51.0. The molecule has 0 fully saturated rings. The molecule has 3 nitrogen and oxygen atoms in total. The van der Waals surface area contributed by atoms with E-state index in [-0.39, 0.29) is 67.8 Å². The third kappa shape index (κ3) is 18.8. The standard InChI is InChI=1S/C2H5NO2.Ba.ClH/c3-1-2(4)5;;/h1,3H2,(H,4,5);;1H/q;+2;/p-2. The average Bonchev–Trinajstić information content (AvgIpc) is 1.38. The van der Waals surface area contributed by atoms with Crippen molar-refractivity contribution in [3.63, 3.8) is 0 Å². The van der Waals surface area contributed by atoms with Crippen molar-refractivity contribution in [3.8, 4) is 0 Å². The molecule has 0 saturated carbocycles. The van der Waals surface area contributed by atoms with Gasteiger partial charge in [0.1, 0.15) is 0 Å². The van der Waals surface area contributed by atoms with Crippen LogP contribution >= 0.6 is 0 Å². The molecule has 0 rings (SSSR count). The van der Waals surface area contributed by atoms with E-state index in [2.05, 4.69) is 5.73 Å². The van der Waals surface area contributed by atoms with Gasteiger partial charge in [0, 0.05) is 6.54 Å². The Morgan fingerprint density at radius 1 is 1.71 bits per heavy atom. The summed E-state index contributed by atoms with van der Waals surface area (Å²) in [5.74, 6) is -1.22. The van der Waals surface area contributed by atoms with E-state index in [1.54, 1.807) is 0 Å². The van der Waals surface area contributed by atoms with E-state index < -0.39 is 5.97 Å². The number of carbonyl (C=O) groups is 1. The Balaban J connectivity index is -0.0000000800. The second-order valence-corrected chi connectivity index (χ2v) is 0.576. The molecule has 0 aliphatic carbocycles. The molecule has 0 aliphatic rings. The third-order valence-corrected chi connectivity index (χ3v) is 0.167. The van der Waals surface area contributed by atoms with Crippen LogP contribution in [0, 0.1) is 0 Å². The van der Waals surface area contributed by atoms with Crippen LogP contribution in [0.1, 0.15) is 0 Å². The van der Waals surface area contributed by atoms with E-state index in [1.165, 1.54) is 0 Å². The van der Waals surface area contributed by atoms with Gasteiger partial charge in [-0.3, -0.25) is 0 Å². The van der Waals surface area contributed by atoms with Crippen molar-refractivity contribution in [2.24, 2.45) is 5.73 Å². The van der Waals surface area contributed by atoms with Gasteiger partial charge in [0.05, 0.1) is 5.97 Å². The van der Waals surface area contributed by atoms with E-state index in [9.17, 15) is 0 Å². The van der Waals surface area contributed by atoms with Crippen molar-refractivity contribution in [2.75, 3.05) is 6.54 Å². The average molecular weight is 247 g/mol. The Labute approximate surface area is 88.1 Å². The minimum absolute atomic E-state index is 0. The van der Waals surface area contributed by atoms with Gasteiger partial charge in [0.2, 0.25) is 0 Å². The van der Waals surface area contributed by atoms with Gasteiger partial charge in [-0.1, -0.05) is 0 Å². The summed E-state index contributed by atoms with van der Waals surface area (Å²) in [7, 11) is 0. The minimum Gasteiger partial charge on any atom is -1.00 e. The summed E-state index contributed by atoms with van der Waals surface area (Å²) in [5, 5.41) is 9.13. The number of hydrogen-bond acceptors (Lipinski definition) is 3. The molecule has 0 spiro atoms. The van der Waals surface area contributed by atoms with Crippen LogP contribution in [0.15, 0.2) is 0 Å². The van der Waals surface area contributed by atoms with Crippen LogP contribution in [-0.4, -0.2) is 61.4 Å². The van der Waals surface area contributed by atoms with Crippen LogP contribution < -0.4 is 23.2 Å². The van der Waals surface area contributed by atoms with Gasteiger partial charge in [-0.25, -0.2) is 0 Å². The Morgan fingerprint density at radius 3 is 1.86 bits per heavy atom. The molecule has 0 unspecified atom stereocenters. The number of hydrogen-bond donors (Lipinski definition) is 1. The van der Waals surface area contributed by atoms with E-state index in [0.717, 1.165) is 0 Å². The SMILES string of the molecule is NCC(=O)[O-].[Ba+2].[Cl-]. The molecule has 0 aromatic carbocycles. The number of rotatable bonds is 1. The van der Waals surface area contributed by atoms with Crippen molar-refractivity contribution < 1.29 is 22.3 Å². The van der Waals surface area contributed by atoms with Gasteiger partial charge in [-0.15, -0.1) is 0 Å². The maximum absolute atomic E-state index is 9.13. The predicted molar refractivity (Wildman–Crippen MR) is 19.8 cm³/mol. The van der Waals surface area contributed by atoms with Gasteiger partial charge in [-0.05, 0) is 0 Å². The van der Waals surface area contributed by atoms with Crippen LogP contribution in [-0.2, 0) is 4.79 Å². The molecule has 38 valence electrons. The zero-order chi connectivity index (χ0) is 4.28. The minimum atomic E-state index is -1.22. The molecule has 0 heterocycles. The number of nitrogens with two attached hydrogens (primary N) is 1. The largest absolute Gasteiger partial charge is 2.00 e. The smallest absolute Gasteiger partial charge is 1.00 e. The van der Waals surface area contributed by atoms with Crippen molar-refractivity contribution in [3.05, 3.63) is 0 Å². The molecule has 2 N–H and O–H groups in total. The summed E-state index contributed by atoms with van der Waals surface area (Å²) < 4.78 is 0. The first-order chi connectivity index (χ1) is 2.27. The van der Waals surface area contributed by atoms with Gasteiger partial charge in [0.25, 0.3) is 0 Å². The van der Waals surface area contributed by atoms with E-state index in [0.29, 0.717) is 0 Å². The summed E-state index contributed by atoms with van der Waals surface area (Å²) in [6.45, 7) is -0.389. The number of carbonyl (C=O) groups excluding carboxylic acids is 1. The fourth-order valence-corrected chi connectivity index (χ4v) is 0. The summed E-state index contributed by atoms with van der Waals surface area (Å²) in [4.78, 5) is 9.13. The van der Waals surface area contributed by atoms with Gasteiger partial charge in [-0.2, -0.15) is 0 Å². The molecule has 0 atom stereocenters. The van der Waals surface area contributed by atoms with Crippen LogP contribution in [0.5, 0.6) is 0 Å². The Kier molecular flexibility index (Phi) is 23.2. The molecular formula is C2H4BaClNO2. The second-order valence-electron chi connectivity index (χ2n) is 0.576. The molecule has 5 heteroatoms. The predicted octanol–water partition coefficient (Wildman–Crippen LogP) is -5.68. The summed E-state index contributed by atoms with van der Waals surface area (Å²) in [6.07, 6.45) is 0. The third-order valence-electron chi connectivity index (χ3n) is 0.167. The first-order valence-corrected chi connectivity index (χ1v) is 1.17. The van der Waals surface area contributed by atoms with Crippen molar-refractivity contribution in [1.29, 1.82) is 0 Å². The zero-order valence-electron chi connectivity index (χ0n) is 3.69. The van der Waals surface area contributed by atoms with Crippen LogP contribution in [0.3, 0.4) is 0 Å². The van der Waals surface area contributed by atoms with Crippen LogP contribution in [0.25, 0.3) is 0 Å². The van der Waals surface area contributed by atoms with E-state index in [4.69, 9.17) is 9.90 Å². The summed E-state index contributed by atoms with van der Waals surface area (Å²) in [5.41, 5.74) is 4.51. The van der Waals surface area contributed by atoms with Gasteiger partial charge >= 0.3 is 48.9 Å². The monoisotopic (exact) mass is 247 g/mol. The van der Waals surface area contributed by atoms with Crippen LogP contribution in [0.2, 0.25) is 0 Å². The summed E-state index contributed by atoms with van der Waals surface area (Å²) >= 11 is 0. The molecule has 0 saturated heterocycles. The second kappa shape index (κ2) is 10.3. The maximum atomic E-state index is 9.13. The van der Waals surface area contributed by atoms with Crippen LogP contribution in [0.4, 0.5) is 0 Å². The van der Waals surface area contributed by atoms with E-state index >= 15 is 0 Å². The normalized spacial score (nSPS) is 5.29. The molecule has 0 aliphatic heterocycles. The Morgan fingerprint density at radius 2 is 1.86 bits per heavy atom. The number of aliphatic carboxylic acids is 1. The van der Waals surface area contributed by atoms with Crippen molar-refractivity contribution in [1.82, 2.24) is 0 Å². The van der Waals surface area contributed by atoms with E-state index in [1.807, 2.05) is 0 Å². The maximum Gasteiger partial charge on any atom is 2.00 e. The first-order valence-electron chi connectivity index (χ1n) is 1.17. The molecule has 0 aromatic heterocycles. The summed E-state index contributed by atoms with van der Waals surface area (Å²) in [6, 6.07) is 0. The number of carboxylic acid groups (broad SMARTS) is 1. The number of carboxylic acids is 1. The van der Waals surface area contributed by atoms with Gasteiger partial charge in [0.15, 0.2) is 0 Å². The zero-order valence-corrected chi connectivity index (χ0v) is 8.88. The molecule has 0 amide bonds. The topological polar surface area (TPSA) is 66.2 Å². The Hall–Kier alpha value is 1.29. The molecule has 0 bridgehead atoms. The fraction of sp³-hybridized carbons (Fsp3) is 0.500. The molecule has 7 heavy (non-hydrogen) atoms. The quantitative estimate of drug-likeness (QED) is 0.469. The number of halogens is 1. The first kappa shape index (κ1) is 15.7. The van der Waals surface area contributed by atoms with Crippen molar-refractivity contribution >= 4 is 54.9 Å². The van der Waals surface area contributed by atoms with Crippen molar-refractivity contribution in [2.45, 2.75) is 0 Å². The molecular weight excluding hydrogens is 243 g/mol. The molecule has 0 aromatic rings. The fourth-order valence-electron chi connectivity index (χ4n) is 0.